The number of anilines is 1. The highest BCUT2D eigenvalue weighted by Gasteiger charge is 2.22. The van der Waals surface area contributed by atoms with Crippen molar-refractivity contribution in [1.82, 2.24) is 19.2 Å². The molecule has 0 saturated heterocycles. The minimum Gasteiger partial charge on any atom is -0.365 e. The molecule has 0 fully saturated rings. The Balaban J connectivity index is 2.78. The van der Waals surface area contributed by atoms with Gasteiger partial charge in [-0.15, -0.1) is 5.10 Å². The van der Waals surface area contributed by atoms with E-state index in [1.54, 1.807) is 10.6 Å². The van der Waals surface area contributed by atoms with E-state index in [0.717, 1.165) is 5.69 Å². The zero-order chi connectivity index (χ0) is 15.9. The van der Waals surface area contributed by atoms with E-state index in [-0.39, 0.29) is 23.2 Å². The van der Waals surface area contributed by atoms with E-state index in [1.165, 1.54) is 4.68 Å². The summed E-state index contributed by atoms with van der Waals surface area (Å²) in [4.78, 5) is 17.2. The van der Waals surface area contributed by atoms with Crippen molar-refractivity contribution in [2.75, 3.05) is 5.32 Å². The Morgan fingerprint density at radius 3 is 2.29 bits per heavy atom. The molecule has 2 aromatic heterocycles. The highest BCUT2D eigenvalue weighted by molar-refractivity contribution is 5.62. The smallest absolute Gasteiger partial charge is 0.351 e. The Morgan fingerprint density at radius 1 is 1.19 bits per heavy atom. The van der Waals surface area contributed by atoms with Gasteiger partial charge in [0.05, 0.1) is 11.2 Å². The fourth-order valence-corrected chi connectivity index (χ4v) is 2.08. The Hall–Kier alpha value is -1.85. The number of nitrogens with zero attached hydrogens (tertiary/aromatic N) is 4. The summed E-state index contributed by atoms with van der Waals surface area (Å²) in [7, 11) is 0. The second-order valence-electron chi connectivity index (χ2n) is 7.03. The fourth-order valence-electron chi connectivity index (χ4n) is 2.08. The van der Waals surface area contributed by atoms with Gasteiger partial charge in [0.15, 0.2) is 5.82 Å². The van der Waals surface area contributed by atoms with Gasteiger partial charge < -0.3 is 5.32 Å². The molecule has 0 atom stereocenters. The van der Waals surface area contributed by atoms with E-state index in [4.69, 9.17) is 0 Å². The average molecular weight is 291 g/mol. The van der Waals surface area contributed by atoms with Crippen LogP contribution in [0.1, 0.15) is 60.1 Å². The minimum atomic E-state index is -0.365. The molecular formula is C15H25N5O. The van der Waals surface area contributed by atoms with Crippen LogP contribution < -0.4 is 11.0 Å². The fraction of sp³-hybridized carbons (Fsp3) is 0.667. The number of fused-ring (bicyclic) bond motifs is 1. The number of nitrogens with one attached hydrogen (secondary N) is 1. The normalized spacial score (nSPS) is 12.6. The summed E-state index contributed by atoms with van der Waals surface area (Å²) in [5.74, 6) is 0.906. The molecule has 0 aromatic carbocycles. The van der Waals surface area contributed by atoms with Gasteiger partial charge in [-0.2, -0.15) is 0 Å². The summed E-state index contributed by atoms with van der Waals surface area (Å²) in [5.41, 5.74) is 0.957. The third-order valence-corrected chi connectivity index (χ3v) is 3.18. The molecule has 0 aliphatic rings. The van der Waals surface area contributed by atoms with Crippen LogP contribution in [0.4, 0.5) is 5.82 Å². The topological polar surface area (TPSA) is 64.2 Å². The van der Waals surface area contributed by atoms with Crippen LogP contribution in [0.3, 0.4) is 0 Å². The quantitative estimate of drug-likeness (QED) is 0.944. The van der Waals surface area contributed by atoms with E-state index in [0.29, 0.717) is 11.5 Å². The van der Waals surface area contributed by atoms with Crippen molar-refractivity contribution >= 4 is 11.5 Å². The predicted molar refractivity (Wildman–Crippen MR) is 85.1 cm³/mol. The zero-order valence-electron chi connectivity index (χ0n) is 13.9. The molecule has 6 nitrogen and oxygen atoms in total. The molecule has 0 saturated carbocycles. The molecule has 2 rings (SSSR count). The highest BCUT2D eigenvalue weighted by atomic mass is 16.2. The summed E-state index contributed by atoms with van der Waals surface area (Å²) in [6, 6.07) is 0.221. The van der Waals surface area contributed by atoms with Crippen molar-refractivity contribution in [3.63, 3.8) is 0 Å². The van der Waals surface area contributed by atoms with E-state index >= 15 is 0 Å². The van der Waals surface area contributed by atoms with Crippen molar-refractivity contribution in [2.45, 2.75) is 66.0 Å². The maximum Gasteiger partial charge on any atom is 0.351 e. The van der Waals surface area contributed by atoms with Gasteiger partial charge in [0.1, 0.15) is 0 Å². The second-order valence-corrected chi connectivity index (χ2v) is 7.03. The number of hydrogen-bond acceptors (Lipinski definition) is 4. The third kappa shape index (κ3) is 2.94. The summed E-state index contributed by atoms with van der Waals surface area (Å²) >= 11 is 0. The first kappa shape index (κ1) is 15.5. The lowest BCUT2D eigenvalue weighted by Crippen LogP contribution is -2.34. The standard InChI is InChI=1S/C15H25N5O/c1-9(2)11-8-19-13(12(17-11)16-10(3)4)18-20(14(19)21)15(5,6)7/h8-10H,1-7H3,(H,16,17). The maximum atomic E-state index is 12.6. The van der Waals surface area contributed by atoms with Gasteiger partial charge in [0.25, 0.3) is 0 Å². The molecule has 2 heterocycles. The molecule has 0 radical (unpaired) electrons. The van der Waals surface area contributed by atoms with E-state index in [9.17, 15) is 4.79 Å². The molecule has 1 N–H and O–H groups in total. The summed E-state index contributed by atoms with van der Waals surface area (Å²) in [5, 5.41) is 7.77. The summed E-state index contributed by atoms with van der Waals surface area (Å²) < 4.78 is 3.11. The third-order valence-electron chi connectivity index (χ3n) is 3.18. The Morgan fingerprint density at radius 2 is 1.81 bits per heavy atom. The Bertz CT molecular complexity index is 703. The first-order valence-electron chi connectivity index (χ1n) is 7.40. The van der Waals surface area contributed by atoms with Crippen molar-refractivity contribution < 1.29 is 0 Å². The number of hydrogen-bond donors (Lipinski definition) is 1. The molecule has 2 aromatic rings. The van der Waals surface area contributed by atoms with Crippen LogP contribution >= 0.6 is 0 Å². The van der Waals surface area contributed by atoms with E-state index in [2.05, 4.69) is 29.2 Å². The molecule has 0 aliphatic heterocycles. The molecule has 116 valence electrons. The Kier molecular flexibility index (Phi) is 3.82. The van der Waals surface area contributed by atoms with Crippen LogP contribution in [0.5, 0.6) is 0 Å². The van der Waals surface area contributed by atoms with Crippen molar-refractivity contribution in [1.29, 1.82) is 0 Å². The van der Waals surface area contributed by atoms with Gasteiger partial charge in [0.2, 0.25) is 5.65 Å². The monoisotopic (exact) mass is 291 g/mol. The van der Waals surface area contributed by atoms with Crippen LogP contribution in [0.25, 0.3) is 5.65 Å². The van der Waals surface area contributed by atoms with Gasteiger partial charge in [0, 0.05) is 12.2 Å². The molecule has 0 spiro atoms. The van der Waals surface area contributed by atoms with Crippen LogP contribution in [-0.2, 0) is 5.54 Å². The lowest BCUT2D eigenvalue weighted by Gasteiger charge is -2.16. The number of aromatic nitrogens is 4. The van der Waals surface area contributed by atoms with Gasteiger partial charge in [-0.1, -0.05) is 13.8 Å². The van der Waals surface area contributed by atoms with Gasteiger partial charge >= 0.3 is 5.69 Å². The lowest BCUT2D eigenvalue weighted by molar-refractivity contribution is 0.344. The van der Waals surface area contributed by atoms with Crippen molar-refractivity contribution in [2.24, 2.45) is 0 Å². The molecule has 0 bridgehead atoms. The molecule has 0 amide bonds. The first-order valence-corrected chi connectivity index (χ1v) is 7.40. The zero-order valence-corrected chi connectivity index (χ0v) is 13.9. The van der Waals surface area contributed by atoms with Crippen LogP contribution in [0.2, 0.25) is 0 Å². The summed E-state index contributed by atoms with van der Waals surface area (Å²) in [6.45, 7) is 14.1. The SMILES string of the molecule is CC(C)Nc1nc(C(C)C)cn2c(=O)n(C(C)(C)C)nc12. The van der Waals surface area contributed by atoms with E-state index < -0.39 is 0 Å². The van der Waals surface area contributed by atoms with Gasteiger partial charge in [-0.25, -0.2) is 18.9 Å². The van der Waals surface area contributed by atoms with Gasteiger partial charge in [-0.3, -0.25) is 0 Å². The van der Waals surface area contributed by atoms with Crippen LogP contribution in [0, 0.1) is 0 Å². The average Bonchev–Trinajstić information content (AvgIpc) is 2.66. The summed E-state index contributed by atoms with van der Waals surface area (Å²) in [6.07, 6.45) is 1.79. The molecule has 6 heteroatoms. The maximum absolute atomic E-state index is 12.6. The highest BCUT2D eigenvalue weighted by Crippen LogP contribution is 2.20. The van der Waals surface area contributed by atoms with Gasteiger partial charge in [-0.05, 0) is 40.5 Å². The number of rotatable bonds is 3. The molecule has 0 unspecified atom stereocenters. The molecular weight excluding hydrogens is 266 g/mol. The largest absolute Gasteiger partial charge is 0.365 e. The first-order chi connectivity index (χ1) is 9.61. The minimum absolute atomic E-state index is 0.131. The molecule has 0 aliphatic carbocycles. The van der Waals surface area contributed by atoms with E-state index in [1.807, 2.05) is 34.6 Å². The second kappa shape index (κ2) is 5.16. The predicted octanol–water partition coefficient (Wildman–Crippen LogP) is 2.59. The van der Waals surface area contributed by atoms with Crippen LogP contribution in [-0.4, -0.2) is 25.2 Å². The molecule has 21 heavy (non-hydrogen) atoms. The van der Waals surface area contributed by atoms with Crippen LogP contribution in [0.15, 0.2) is 11.0 Å². The Labute approximate surface area is 125 Å². The lowest BCUT2D eigenvalue weighted by atomic mass is 10.1. The van der Waals surface area contributed by atoms with Crippen molar-refractivity contribution in [3.05, 3.63) is 22.4 Å². The van der Waals surface area contributed by atoms with Crippen molar-refractivity contribution in [3.8, 4) is 0 Å².